The molecule has 186 valence electrons. The molecule has 0 radical (unpaired) electrons. The summed E-state index contributed by atoms with van der Waals surface area (Å²) >= 11 is 0. The normalized spacial score (nSPS) is 11.9. The van der Waals surface area contributed by atoms with Gasteiger partial charge in [-0.2, -0.15) is 0 Å². The summed E-state index contributed by atoms with van der Waals surface area (Å²) in [5.74, 6) is 0.718. The maximum atomic E-state index is 10.7. The first-order chi connectivity index (χ1) is 17.0. The molecule has 0 aromatic heterocycles. The maximum Gasteiger partial charge on any atom is 0.261 e. The van der Waals surface area contributed by atoms with E-state index >= 15 is 0 Å². The van der Waals surface area contributed by atoms with Crippen molar-refractivity contribution < 1.29 is 23.4 Å². The molecule has 0 N–H and O–H groups in total. The third-order valence-electron chi connectivity index (χ3n) is 5.85. The van der Waals surface area contributed by atoms with E-state index in [0.29, 0.717) is 45.2 Å². The Morgan fingerprint density at radius 3 is 1.63 bits per heavy atom. The molecule has 0 atom stereocenters. The van der Waals surface area contributed by atoms with E-state index in [4.69, 9.17) is 18.6 Å². The highest BCUT2D eigenvalue weighted by atomic mass is 28.4. The number of benzene rings is 3. The second kappa shape index (κ2) is 13.4. The molecule has 3 rings (SSSR count). The number of hydrogen-bond donors (Lipinski definition) is 0. The van der Waals surface area contributed by atoms with E-state index in [9.17, 15) is 4.79 Å². The van der Waals surface area contributed by atoms with E-state index in [0.717, 1.165) is 12.0 Å². The van der Waals surface area contributed by atoms with Crippen molar-refractivity contribution in [3.05, 3.63) is 90.5 Å². The van der Waals surface area contributed by atoms with Crippen LogP contribution in [0.25, 0.3) is 0 Å². The first kappa shape index (κ1) is 26.8. The van der Waals surface area contributed by atoms with Crippen LogP contribution in [0.4, 0.5) is 0 Å². The minimum absolute atomic E-state index is 0.0492. The van der Waals surface area contributed by atoms with Gasteiger partial charge in [-0.05, 0) is 39.7 Å². The molecule has 0 saturated heterocycles. The molecule has 0 aliphatic carbocycles. The zero-order valence-corrected chi connectivity index (χ0v) is 21.9. The second-order valence-electron chi connectivity index (χ2n) is 9.27. The Morgan fingerprint density at radius 2 is 1.14 bits per heavy atom. The fourth-order valence-electron chi connectivity index (χ4n) is 4.20. The van der Waals surface area contributed by atoms with E-state index in [1.54, 1.807) is 24.3 Å². The van der Waals surface area contributed by atoms with Crippen LogP contribution >= 0.6 is 0 Å². The van der Waals surface area contributed by atoms with Gasteiger partial charge in [-0.3, -0.25) is 4.79 Å². The summed E-state index contributed by atoms with van der Waals surface area (Å²) in [5.41, 5.74) is 0.629. The first-order valence-electron chi connectivity index (χ1n) is 12.1. The predicted octanol–water partition coefficient (Wildman–Crippen LogP) is 4.49. The SMILES string of the molecule is CC(C)(C)[Si](OCCOCCOCCOc1ccc(C=O)cc1)(c1ccccc1)c1ccccc1. The predicted molar refractivity (Wildman–Crippen MR) is 143 cm³/mol. The van der Waals surface area contributed by atoms with E-state index in [1.165, 1.54) is 10.4 Å². The Hall–Kier alpha value is -2.77. The Kier molecular flexibility index (Phi) is 10.2. The van der Waals surface area contributed by atoms with Crippen LogP contribution in [0.3, 0.4) is 0 Å². The zero-order chi connectivity index (χ0) is 25.0. The quantitative estimate of drug-likeness (QED) is 0.189. The number of carbonyl (C=O) groups excluding carboxylic acids is 1. The van der Waals surface area contributed by atoms with Crippen LogP contribution in [0, 0.1) is 0 Å². The lowest BCUT2D eigenvalue weighted by molar-refractivity contribution is 0.0264. The van der Waals surface area contributed by atoms with Gasteiger partial charge >= 0.3 is 0 Å². The van der Waals surface area contributed by atoms with Crippen LogP contribution in [0.1, 0.15) is 31.1 Å². The molecule has 0 bridgehead atoms. The van der Waals surface area contributed by atoms with Crippen molar-refractivity contribution >= 4 is 25.0 Å². The lowest BCUT2D eigenvalue weighted by Gasteiger charge is -2.43. The molecule has 0 amide bonds. The van der Waals surface area contributed by atoms with Crippen molar-refractivity contribution in [2.75, 3.05) is 39.6 Å². The molecule has 0 unspecified atom stereocenters. The summed E-state index contributed by atoms with van der Waals surface area (Å²) in [7, 11) is -2.52. The van der Waals surface area contributed by atoms with Gasteiger partial charge in [0.2, 0.25) is 0 Å². The molecule has 3 aromatic rings. The van der Waals surface area contributed by atoms with Gasteiger partial charge in [-0.15, -0.1) is 0 Å². The Labute approximate surface area is 210 Å². The minimum Gasteiger partial charge on any atom is -0.491 e. The average molecular weight is 493 g/mol. The minimum atomic E-state index is -2.52. The third kappa shape index (κ3) is 7.35. The lowest BCUT2D eigenvalue weighted by Crippen LogP contribution is -2.66. The van der Waals surface area contributed by atoms with Crippen LogP contribution in [-0.2, 0) is 13.9 Å². The molecule has 0 saturated carbocycles. The van der Waals surface area contributed by atoms with E-state index < -0.39 is 8.32 Å². The summed E-state index contributed by atoms with van der Waals surface area (Å²) in [6, 6.07) is 28.2. The summed E-state index contributed by atoms with van der Waals surface area (Å²) < 4.78 is 23.8. The van der Waals surface area contributed by atoms with Gasteiger partial charge in [-0.1, -0.05) is 81.4 Å². The Balaban J connectivity index is 1.44. The second-order valence-corrected chi connectivity index (χ2v) is 13.6. The van der Waals surface area contributed by atoms with Gasteiger partial charge in [0.1, 0.15) is 18.6 Å². The molecule has 0 aliphatic rings. The summed E-state index contributed by atoms with van der Waals surface area (Å²) in [6.07, 6.45) is 0.812. The van der Waals surface area contributed by atoms with Gasteiger partial charge in [0.05, 0.1) is 33.0 Å². The lowest BCUT2D eigenvalue weighted by atomic mass is 10.2. The molecule has 0 fully saturated rings. The highest BCUT2D eigenvalue weighted by molar-refractivity contribution is 6.99. The van der Waals surface area contributed by atoms with Crippen molar-refractivity contribution in [3.8, 4) is 5.75 Å². The summed E-state index contributed by atoms with van der Waals surface area (Å²) in [4.78, 5) is 10.7. The molecule has 35 heavy (non-hydrogen) atoms. The highest BCUT2D eigenvalue weighted by Gasteiger charge is 2.49. The number of hydrogen-bond acceptors (Lipinski definition) is 5. The largest absolute Gasteiger partial charge is 0.491 e. The Bertz CT molecular complexity index is 961. The highest BCUT2D eigenvalue weighted by Crippen LogP contribution is 2.36. The first-order valence-corrected chi connectivity index (χ1v) is 14.0. The van der Waals surface area contributed by atoms with E-state index in [2.05, 4.69) is 69.3 Å². The fraction of sp³-hybridized carbons (Fsp3) is 0.345. The number of carbonyl (C=O) groups is 1. The molecule has 0 spiro atoms. The van der Waals surface area contributed by atoms with Gasteiger partial charge < -0.3 is 18.6 Å². The van der Waals surface area contributed by atoms with Crippen LogP contribution in [0.15, 0.2) is 84.9 Å². The standard InChI is InChI=1S/C29H36O5Si/c1-29(2,3)35(27-10-6-4-7-11-27,28-12-8-5-9-13-28)34-23-21-32-19-18-31-20-22-33-26-16-14-25(24-30)15-17-26/h4-17,24H,18-23H2,1-3H3. The van der Waals surface area contributed by atoms with Gasteiger partial charge in [0, 0.05) is 5.56 Å². The van der Waals surface area contributed by atoms with Crippen LogP contribution < -0.4 is 15.1 Å². The van der Waals surface area contributed by atoms with Crippen molar-refractivity contribution in [2.24, 2.45) is 0 Å². The zero-order valence-electron chi connectivity index (χ0n) is 20.9. The van der Waals surface area contributed by atoms with Crippen molar-refractivity contribution in [2.45, 2.75) is 25.8 Å². The Morgan fingerprint density at radius 1 is 0.657 bits per heavy atom. The van der Waals surface area contributed by atoms with E-state index in [1.807, 2.05) is 12.1 Å². The maximum absolute atomic E-state index is 10.7. The monoisotopic (exact) mass is 492 g/mol. The van der Waals surface area contributed by atoms with Gasteiger partial charge in [0.15, 0.2) is 0 Å². The van der Waals surface area contributed by atoms with Crippen molar-refractivity contribution in [1.29, 1.82) is 0 Å². The van der Waals surface area contributed by atoms with Crippen LogP contribution in [-0.4, -0.2) is 54.2 Å². The van der Waals surface area contributed by atoms with Crippen LogP contribution in [0.5, 0.6) is 5.75 Å². The smallest absolute Gasteiger partial charge is 0.261 e. The molecular weight excluding hydrogens is 456 g/mol. The van der Waals surface area contributed by atoms with Crippen molar-refractivity contribution in [1.82, 2.24) is 0 Å². The van der Waals surface area contributed by atoms with Gasteiger partial charge in [0.25, 0.3) is 8.32 Å². The topological polar surface area (TPSA) is 54.0 Å². The average Bonchev–Trinajstić information content (AvgIpc) is 2.88. The molecular formula is C29H36O5Si. The summed E-state index contributed by atoms with van der Waals surface area (Å²) in [6.45, 7) is 9.74. The molecule has 3 aromatic carbocycles. The number of rotatable bonds is 14. The van der Waals surface area contributed by atoms with E-state index in [-0.39, 0.29) is 5.04 Å². The molecule has 0 aliphatic heterocycles. The molecule has 0 heterocycles. The third-order valence-corrected chi connectivity index (χ3v) is 10.9. The molecule has 5 nitrogen and oxygen atoms in total. The molecule has 6 heteroatoms. The van der Waals surface area contributed by atoms with Crippen molar-refractivity contribution in [3.63, 3.8) is 0 Å². The van der Waals surface area contributed by atoms with Crippen LogP contribution in [0.2, 0.25) is 5.04 Å². The fourth-order valence-corrected chi connectivity index (χ4v) is 8.74. The number of aldehydes is 1. The number of ether oxygens (including phenoxy) is 3. The van der Waals surface area contributed by atoms with Gasteiger partial charge in [-0.25, -0.2) is 0 Å². The summed E-state index contributed by atoms with van der Waals surface area (Å²) in [5, 5.41) is 2.48.